The van der Waals surface area contributed by atoms with Crippen LogP contribution in [0, 0.1) is 11.3 Å². The Kier molecular flexibility index (Phi) is 4.85. The first-order valence-electron chi connectivity index (χ1n) is 4.78. The number of rotatable bonds is 5. The van der Waals surface area contributed by atoms with Crippen molar-refractivity contribution in [1.29, 1.82) is 0 Å². The van der Waals surface area contributed by atoms with E-state index in [4.69, 9.17) is 22.9 Å². The lowest BCUT2D eigenvalue weighted by Crippen LogP contribution is -2.46. The van der Waals surface area contributed by atoms with Gasteiger partial charge < -0.3 is 22.9 Å². The Balaban J connectivity index is 3.96. The average molecular weight is 188 g/mol. The molecule has 0 aromatic carbocycles. The van der Waals surface area contributed by atoms with E-state index in [1.807, 2.05) is 0 Å². The zero-order valence-corrected chi connectivity index (χ0v) is 8.96. The molecule has 0 radical (unpaired) electrons. The largest absolute Gasteiger partial charge is 0.316 e. The van der Waals surface area contributed by atoms with E-state index in [0.717, 1.165) is 12.8 Å². The lowest BCUT2D eigenvalue weighted by Gasteiger charge is -2.32. The second-order valence-corrected chi connectivity index (χ2v) is 4.72. The summed E-state index contributed by atoms with van der Waals surface area (Å²) in [6, 6.07) is 0. The summed E-state index contributed by atoms with van der Waals surface area (Å²) in [6.45, 7) is 6.25. The summed E-state index contributed by atoms with van der Waals surface area (Å²) in [6.07, 6.45) is 1.25. The van der Waals surface area contributed by atoms with Gasteiger partial charge in [0, 0.05) is 0 Å². The molecule has 0 heterocycles. The highest BCUT2D eigenvalue weighted by molar-refractivity contribution is 4.79. The molecule has 1 unspecified atom stereocenters. The van der Waals surface area contributed by atoms with E-state index in [9.17, 15) is 0 Å². The maximum Gasteiger partial charge on any atom is 0.0573 e. The van der Waals surface area contributed by atoms with Gasteiger partial charge in [0.05, 0.1) is 12.3 Å². The van der Waals surface area contributed by atoms with Gasteiger partial charge in [-0.05, 0) is 24.2 Å². The minimum atomic E-state index is -0.288. The van der Waals surface area contributed by atoms with Crippen LogP contribution >= 0.6 is 0 Å². The standard InChI is InChI=1S/C9H24N4/c1-6(4-7(10)11)5-9(2,3)8(12)13/h6-8H,4-5,10-13H2,1-3H3. The van der Waals surface area contributed by atoms with Crippen molar-refractivity contribution in [2.75, 3.05) is 0 Å². The molecule has 1 atom stereocenters. The van der Waals surface area contributed by atoms with Crippen LogP contribution in [0.15, 0.2) is 0 Å². The number of nitrogens with two attached hydrogens (primary N) is 4. The second kappa shape index (κ2) is 4.91. The van der Waals surface area contributed by atoms with Crippen molar-refractivity contribution < 1.29 is 0 Å². The summed E-state index contributed by atoms with van der Waals surface area (Å²) in [5.41, 5.74) is 22.3. The van der Waals surface area contributed by atoms with Gasteiger partial charge in [-0.3, -0.25) is 0 Å². The van der Waals surface area contributed by atoms with Crippen LogP contribution in [0.3, 0.4) is 0 Å². The van der Waals surface area contributed by atoms with Crippen LogP contribution in [0.1, 0.15) is 33.6 Å². The first kappa shape index (κ1) is 12.8. The third-order valence-electron chi connectivity index (χ3n) is 2.45. The Labute approximate surface area is 81.0 Å². The molecule has 0 aliphatic rings. The summed E-state index contributed by atoms with van der Waals surface area (Å²) in [5.74, 6) is 0.463. The van der Waals surface area contributed by atoms with E-state index >= 15 is 0 Å². The minimum Gasteiger partial charge on any atom is -0.316 e. The van der Waals surface area contributed by atoms with Crippen LogP contribution in [-0.2, 0) is 0 Å². The predicted molar refractivity (Wildman–Crippen MR) is 56.5 cm³/mol. The van der Waals surface area contributed by atoms with Gasteiger partial charge in [-0.15, -0.1) is 0 Å². The molecule has 0 saturated heterocycles. The van der Waals surface area contributed by atoms with E-state index in [-0.39, 0.29) is 17.7 Å². The molecule has 0 spiro atoms. The number of hydrogen-bond acceptors (Lipinski definition) is 4. The minimum absolute atomic E-state index is 0.0473. The lowest BCUT2D eigenvalue weighted by atomic mass is 9.80. The number of hydrogen-bond donors (Lipinski definition) is 4. The normalized spacial score (nSPS) is 15.5. The van der Waals surface area contributed by atoms with Crippen LogP contribution < -0.4 is 22.9 Å². The van der Waals surface area contributed by atoms with Gasteiger partial charge in [-0.25, -0.2) is 0 Å². The Morgan fingerprint density at radius 1 is 1.08 bits per heavy atom. The van der Waals surface area contributed by atoms with Crippen LogP contribution in [0.5, 0.6) is 0 Å². The van der Waals surface area contributed by atoms with Gasteiger partial charge >= 0.3 is 0 Å². The van der Waals surface area contributed by atoms with Crippen molar-refractivity contribution in [3.05, 3.63) is 0 Å². The molecule has 4 heteroatoms. The maximum atomic E-state index is 5.66. The molecule has 80 valence electrons. The first-order valence-corrected chi connectivity index (χ1v) is 4.78. The molecular formula is C9H24N4. The highest BCUT2D eigenvalue weighted by atomic mass is 14.9. The molecule has 4 nitrogen and oxygen atoms in total. The van der Waals surface area contributed by atoms with Gasteiger partial charge in [0.2, 0.25) is 0 Å². The van der Waals surface area contributed by atoms with Crippen LogP contribution in [0.25, 0.3) is 0 Å². The maximum absolute atomic E-state index is 5.66. The Morgan fingerprint density at radius 2 is 1.54 bits per heavy atom. The Morgan fingerprint density at radius 3 is 1.85 bits per heavy atom. The quantitative estimate of drug-likeness (QED) is 0.453. The van der Waals surface area contributed by atoms with Crippen molar-refractivity contribution in [2.24, 2.45) is 34.3 Å². The fourth-order valence-electron chi connectivity index (χ4n) is 1.58. The topological polar surface area (TPSA) is 104 Å². The Bertz CT molecular complexity index is 143. The van der Waals surface area contributed by atoms with E-state index in [0.29, 0.717) is 5.92 Å². The monoisotopic (exact) mass is 188 g/mol. The first-order chi connectivity index (χ1) is 5.75. The molecule has 0 saturated carbocycles. The summed E-state index contributed by atoms with van der Waals surface area (Å²) >= 11 is 0. The molecule has 13 heavy (non-hydrogen) atoms. The molecule has 0 fully saturated rings. The molecule has 0 amide bonds. The Hall–Kier alpha value is -0.160. The SMILES string of the molecule is CC(CC(N)N)CC(C)(C)C(N)N. The fraction of sp³-hybridized carbons (Fsp3) is 1.00. The summed E-state index contributed by atoms with van der Waals surface area (Å²) in [5, 5.41) is 0. The second-order valence-electron chi connectivity index (χ2n) is 4.72. The van der Waals surface area contributed by atoms with Crippen molar-refractivity contribution in [3.63, 3.8) is 0 Å². The van der Waals surface area contributed by atoms with Crippen molar-refractivity contribution in [3.8, 4) is 0 Å². The predicted octanol–water partition coefficient (Wildman–Crippen LogP) is -0.0841. The van der Waals surface area contributed by atoms with Crippen molar-refractivity contribution in [1.82, 2.24) is 0 Å². The molecular weight excluding hydrogens is 164 g/mol. The molecule has 0 aliphatic heterocycles. The lowest BCUT2D eigenvalue weighted by molar-refractivity contribution is 0.215. The summed E-state index contributed by atoms with van der Waals surface area (Å²) in [7, 11) is 0. The van der Waals surface area contributed by atoms with Crippen molar-refractivity contribution >= 4 is 0 Å². The van der Waals surface area contributed by atoms with E-state index in [1.165, 1.54) is 0 Å². The van der Waals surface area contributed by atoms with Gasteiger partial charge in [0.1, 0.15) is 0 Å². The fourth-order valence-corrected chi connectivity index (χ4v) is 1.58. The van der Waals surface area contributed by atoms with Crippen LogP contribution in [-0.4, -0.2) is 12.3 Å². The third kappa shape index (κ3) is 5.21. The summed E-state index contributed by atoms with van der Waals surface area (Å²) < 4.78 is 0. The van der Waals surface area contributed by atoms with Gasteiger partial charge in [0.15, 0.2) is 0 Å². The molecule has 0 aromatic rings. The van der Waals surface area contributed by atoms with Gasteiger partial charge in [-0.1, -0.05) is 20.8 Å². The average Bonchev–Trinajstić information content (AvgIpc) is 1.82. The van der Waals surface area contributed by atoms with Crippen LogP contribution in [0.2, 0.25) is 0 Å². The van der Waals surface area contributed by atoms with Crippen molar-refractivity contribution in [2.45, 2.75) is 45.9 Å². The summed E-state index contributed by atoms with van der Waals surface area (Å²) in [4.78, 5) is 0. The molecule has 0 aliphatic carbocycles. The smallest absolute Gasteiger partial charge is 0.0573 e. The van der Waals surface area contributed by atoms with E-state index < -0.39 is 0 Å². The zero-order valence-electron chi connectivity index (χ0n) is 8.96. The molecule has 8 N–H and O–H groups in total. The van der Waals surface area contributed by atoms with Gasteiger partial charge in [0.25, 0.3) is 0 Å². The molecule has 0 bridgehead atoms. The molecule has 0 rings (SSSR count). The van der Waals surface area contributed by atoms with E-state index in [1.54, 1.807) is 0 Å². The third-order valence-corrected chi connectivity index (χ3v) is 2.45. The molecule has 0 aromatic heterocycles. The van der Waals surface area contributed by atoms with Crippen LogP contribution in [0.4, 0.5) is 0 Å². The van der Waals surface area contributed by atoms with Gasteiger partial charge in [-0.2, -0.15) is 0 Å². The zero-order chi connectivity index (χ0) is 10.6. The van der Waals surface area contributed by atoms with E-state index in [2.05, 4.69) is 20.8 Å². The highest BCUT2D eigenvalue weighted by Crippen LogP contribution is 2.27. The highest BCUT2D eigenvalue weighted by Gasteiger charge is 2.26.